The van der Waals surface area contributed by atoms with Crippen LogP contribution < -0.4 is 15.4 Å². The summed E-state index contributed by atoms with van der Waals surface area (Å²) in [6.45, 7) is 2.11. The zero-order valence-corrected chi connectivity index (χ0v) is 22.3. The molecule has 2 N–H and O–H groups in total. The van der Waals surface area contributed by atoms with Gasteiger partial charge >= 0.3 is 0 Å². The number of allylic oxidation sites excluding steroid dienone is 1. The molecule has 1 aromatic heterocycles. The number of fused-ring (bicyclic) bond motifs is 1. The molecule has 3 aromatic rings. The summed E-state index contributed by atoms with van der Waals surface area (Å²) >= 11 is 7.61. The predicted molar refractivity (Wildman–Crippen MR) is 149 cm³/mol. The van der Waals surface area contributed by atoms with Crippen LogP contribution in [-0.4, -0.2) is 29.0 Å². The molecular weight excluding hydrogens is 524 g/mol. The molecule has 0 spiro atoms. The van der Waals surface area contributed by atoms with Crippen LogP contribution >= 0.6 is 23.4 Å². The van der Waals surface area contributed by atoms with Gasteiger partial charge in [-0.1, -0.05) is 47.6 Å². The SMILES string of the molecule is COc1ccccc1NC(=O)C1=C(C)N=C2SC=C(CC(=O)NCc3ccco3)N2C1c1ccc(Cl)cc1. The Labute approximate surface area is 229 Å². The fourth-order valence-corrected chi connectivity index (χ4v) is 5.47. The van der Waals surface area contributed by atoms with Crippen LogP contribution in [0.3, 0.4) is 0 Å². The van der Waals surface area contributed by atoms with E-state index >= 15 is 0 Å². The molecule has 0 saturated carbocycles. The van der Waals surface area contributed by atoms with Gasteiger partial charge in [0.15, 0.2) is 5.17 Å². The van der Waals surface area contributed by atoms with Crippen molar-refractivity contribution in [2.24, 2.45) is 4.99 Å². The highest BCUT2D eigenvalue weighted by Gasteiger charge is 2.40. The number of amidine groups is 1. The number of benzene rings is 2. The zero-order valence-electron chi connectivity index (χ0n) is 20.7. The molecular formula is C28H25ClN4O4S. The number of thioether (sulfide) groups is 1. The molecule has 0 saturated heterocycles. The van der Waals surface area contributed by atoms with Crippen LogP contribution in [0, 0.1) is 0 Å². The van der Waals surface area contributed by atoms with Crippen LogP contribution in [0.4, 0.5) is 5.69 Å². The van der Waals surface area contributed by atoms with Crippen molar-refractivity contribution in [2.75, 3.05) is 12.4 Å². The van der Waals surface area contributed by atoms with Crippen molar-refractivity contribution >= 4 is 46.0 Å². The Morgan fingerprint density at radius 2 is 1.92 bits per heavy atom. The van der Waals surface area contributed by atoms with Gasteiger partial charge in [0.25, 0.3) is 5.91 Å². The second kappa shape index (κ2) is 11.2. The van der Waals surface area contributed by atoms with E-state index in [1.54, 1.807) is 49.8 Å². The lowest BCUT2D eigenvalue weighted by Gasteiger charge is -2.36. The molecule has 0 aliphatic carbocycles. The number of aliphatic imine (C=N–C) groups is 1. The molecule has 1 atom stereocenters. The highest BCUT2D eigenvalue weighted by molar-refractivity contribution is 8.16. The quantitative estimate of drug-likeness (QED) is 0.366. The van der Waals surface area contributed by atoms with Gasteiger partial charge in [0, 0.05) is 10.7 Å². The summed E-state index contributed by atoms with van der Waals surface area (Å²) in [4.78, 5) is 33.3. The molecule has 2 aromatic carbocycles. The summed E-state index contributed by atoms with van der Waals surface area (Å²) in [6, 6.07) is 17.6. The molecule has 0 radical (unpaired) electrons. The molecule has 194 valence electrons. The third kappa shape index (κ3) is 5.34. The number of hydrogen-bond donors (Lipinski definition) is 2. The monoisotopic (exact) mass is 548 g/mol. The van der Waals surface area contributed by atoms with Crippen LogP contribution in [-0.2, 0) is 16.1 Å². The number of ether oxygens (including phenoxy) is 1. The molecule has 10 heteroatoms. The van der Waals surface area contributed by atoms with Gasteiger partial charge in [-0.3, -0.25) is 9.59 Å². The third-order valence-electron chi connectivity index (χ3n) is 6.17. The Bertz CT molecular complexity index is 1450. The number of para-hydroxylation sites is 2. The number of amides is 2. The van der Waals surface area contributed by atoms with E-state index < -0.39 is 6.04 Å². The maximum Gasteiger partial charge on any atom is 0.256 e. The average molecular weight is 549 g/mol. The second-order valence-electron chi connectivity index (χ2n) is 8.63. The number of carbonyl (C=O) groups excluding carboxylic acids is 2. The Hall–Kier alpha value is -3.95. The van der Waals surface area contributed by atoms with Crippen molar-refractivity contribution < 1.29 is 18.7 Å². The van der Waals surface area contributed by atoms with Gasteiger partial charge in [-0.25, -0.2) is 4.99 Å². The topological polar surface area (TPSA) is 96.2 Å². The van der Waals surface area contributed by atoms with Crippen molar-refractivity contribution in [1.82, 2.24) is 10.2 Å². The largest absolute Gasteiger partial charge is 0.495 e. The Morgan fingerprint density at radius 1 is 1.13 bits per heavy atom. The van der Waals surface area contributed by atoms with E-state index in [4.69, 9.17) is 25.7 Å². The second-order valence-corrected chi connectivity index (χ2v) is 9.90. The molecule has 0 fully saturated rings. The zero-order chi connectivity index (χ0) is 26.6. The lowest BCUT2D eigenvalue weighted by Crippen LogP contribution is -2.38. The predicted octanol–water partition coefficient (Wildman–Crippen LogP) is 5.86. The molecule has 38 heavy (non-hydrogen) atoms. The lowest BCUT2D eigenvalue weighted by atomic mass is 9.93. The van der Waals surface area contributed by atoms with E-state index in [1.807, 2.05) is 41.5 Å². The maximum atomic E-state index is 13.8. The minimum Gasteiger partial charge on any atom is -0.495 e. The summed E-state index contributed by atoms with van der Waals surface area (Å²) in [6.07, 6.45) is 1.67. The number of halogens is 1. The van der Waals surface area contributed by atoms with E-state index in [1.165, 1.54) is 11.8 Å². The fraction of sp³-hybridized carbons (Fsp3) is 0.179. The van der Waals surface area contributed by atoms with Gasteiger partial charge in [-0.15, -0.1) is 0 Å². The molecule has 8 nitrogen and oxygen atoms in total. The van der Waals surface area contributed by atoms with Crippen molar-refractivity contribution in [2.45, 2.75) is 25.9 Å². The molecule has 2 aliphatic heterocycles. The number of rotatable bonds is 8. The van der Waals surface area contributed by atoms with Crippen molar-refractivity contribution in [3.63, 3.8) is 0 Å². The molecule has 5 rings (SSSR count). The minimum atomic E-state index is -0.520. The summed E-state index contributed by atoms with van der Waals surface area (Å²) in [5.41, 5.74) is 3.18. The number of methoxy groups -OCH3 is 1. The van der Waals surface area contributed by atoms with Gasteiger partial charge in [-0.2, -0.15) is 0 Å². The first kappa shape index (κ1) is 25.7. The molecule has 3 heterocycles. The van der Waals surface area contributed by atoms with Crippen LogP contribution in [0.15, 0.2) is 98.7 Å². The average Bonchev–Trinajstić information content (AvgIpc) is 3.57. The fourth-order valence-electron chi connectivity index (χ4n) is 4.38. The van der Waals surface area contributed by atoms with Crippen LogP contribution in [0.5, 0.6) is 5.75 Å². The van der Waals surface area contributed by atoms with E-state index in [0.717, 1.165) is 11.3 Å². The number of hydrogen-bond acceptors (Lipinski definition) is 7. The molecule has 1 unspecified atom stereocenters. The summed E-state index contributed by atoms with van der Waals surface area (Å²) in [5.74, 6) is 0.734. The van der Waals surface area contributed by atoms with Gasteiger partial charge in [0.1, 0.15) is 11.5 Å². The number of nitrogens with one attached hydrogen (secondary N) is 2. The maximum absolute atomic E-state index is 13.8. The highest BCUT2D eigenvalue weighted by Crippen LogP contribution is 2.45. The Morgan fingerprint density at radius 3 is 2.66 bits per heavy atom. The van der Waals surface area contributed by atoms with Gasteiger partial charge in [0.05, 0.1) is 49.3 Å². The van der Waals surface area contributed by atoms with E-state index in [-0.39, 0.29) is 18.2 Å². The van der Waals surface area contributed by atoms with E-state index in [0.29, 0.717) is 45.2 Å². The number of furan rings is 1. The Kier molecular flexibility index (Phi) is 7.57. The first-order chi connectivity index (χ1) is 18.4. The normalized spacial score (nSPS) is 16.5. The van der Waals surface area contributed by atoms with Crippen LogP contribution in [0.25, 0.3) is 0 Å². The van der Waals surface area contributed by atoms with Gasteiger partial charge in [-0.05, 0) is 54.3 Å². The third-order valence-corrected chi connectivity index (χ3v) is 7.31. The Balaban J connectivity index is 1.46. The number of nitrogens with zero attached hydrogens (tertiary/aromatic N) is 2. The van der Waals surface area contributed by atoms with Crippen molar-refractivity contribution in [3.8, 4) is 5.75 Å². The lowest BCUT2D eigenvalue weighted by molar-refractivity contribution is -0.120. The molecule has 2 amide bonds. The summed E-state index contributed by atoms with van der Waals surface area (Å²) in [5, 5.41) is 9.06. The van der Waals surface area contributed by atoms with Gasteiger partial charge in [0.2, 0.25) is 5.91 Å². The number of anilines is 1. The van der Waals surface area contributed by atoms with E-state index in [2.05, 4.69) is 10.6 Å². The number of carbonyl (C=O) groups is 2. The van der Waals surface area contributed by atoms with Crippen molar-refractivity contribution in [3.05, 3.63) is 106 Å². The first-order valence-electron chi connectivity index (χ1n) is 11.9. The highest BCUT2D eigenvalue weighted by atomic mass is 35.5. The summed E-state index contributed by atoms with van der Waals surface area (Å²) < 4.78 is 10.7. The standard InChI is InChI=1S/C28H25ClN4O4S/c1-17-25(27(35)32-22-7-3-4-8-23(22)36-2)26(18-9-11-19(29)12-10-18)33-20(16-38-28(33)31-17)14-24(34)30-15-21-6-5-13-37-21/h3-13,16,26H,14-15H2,1-2H3,(H,30,34)(H,32,35). The van der Waals surface area contributed by atoms with Gasteiger partial charge < -0.3 is 24.7 Å². The van der Waals surface area contributed by atoms with Crippen LogP contribution in [0.1, 0.15) is 30.7 Å². The smallest absolute Gasteiger partial charge is 0.256 e. The van der Waals surface area contributed by atoms with E-state index in [9.17, 15) is 9.59 Å². The molecule has 0 bridgehead atoms. The first-order valence-corrected chi connectivity index (χ1v) is 13.1. The summed E-state index contributed by atoms with van der Waals surface area (Å²) in [7, 11) is 1.55. The van der Waals surface area contributed by atoms with Crippen molar-refractivity contribution in [1.29, 1.82) is 0 Å². The van der Waals surface area contributed by atoms with Crippen LogP contribution in [0.2, 0.25) is 5.02 Å². The minimum absolute atomic E-state index is 0.108. The molecule has 2 aliphatic rings.